The SMILES string of the molecule is C=CCOc1cc(N(CC)CC)ccc1C=C1C(=O)NC(=S)NC1=O. The Hall–Kier alpha value is -2.67. The largest absolute Gasteiger partial charge is 0.489 e. The van der Waals surface area contributed by atoms with Gasteiger partial charge in [0.05, 0.1) is 0 Å². The van der Waals surface area contributed by atoms with E-state index in [1.165, 1.54) is 6.08 Å². The van der Waals surface area contributed by atoms with Crippen LogP contribution in [-0.2, 0) is 9.59 Å². The number of rotatable bonds is 7. The van der Waals surface area contributed by atoms with Crippen molar-refractivity contribution in [3.05, 3.63) is 42.0 Å². The third kappa shape index (κ3) is 4.45. The van der Waals surface area contributed by atoms with E-state index in [1.54, 1.807) is 6.08 Å². The summed E-state index contributed by atoms with van der Waals surface area (Å²) in [6, 6.07) is 5.65. The van der Waals surface area contributed by atoms with Crippen LogP contribution < -0.4 is 20.3 Å². The Morgan fingerprint density at radius 1 is 1.20 bits per heavy atom. The lowest BCUT2D eigenvalue weighted by atomic mass is 10.1. The van der Waals surface area contributed by atoms with Gasteiger partial charge in [0.15, 0.2) is 5.11 Å². The number of hydrogen-bond donors (Lipinski definition) is 2. The Bertz CT molecular complexity index is 717. The van der Waals surface area contributed by atoms with E-state index in [0.717, 1.165) is 18.8 Å². The van der Waals surface area contributed by atoms with Gasteiger partial charge < -0.3 is 9.64 Å². The third-order valence-corrected chi connectivity index (χ3v) is 3.93. The minimum absolute atomic E-state index is 0.00663. The number of anilines is 1. The maximum absolute atomic E-state index is 12.0. The number of nitrogens with zero attached hydrogens (tertiary/aromatic N) is 1. The standard InChI is InChI=1S/C18H21N3O3S/c1-4-9-24-15-11-13(21(5-2)6-3)8-7-12(15)10-14-16(22)19-18(25)20-17(14)23/h4,7-8,10-11H,1,5-6,9H2,2-3H3,(H2,19,20,22,23,25). The number of ether oxygens (including phenoxy) is 1. The van der Waals surface area contributed by atoms with Crippen LogP contribution in [0.2, 0.25) is 0 Å². The molecule has 1 aromatic carbocycles. The van der Waals surface area contributed by atoms with E-state index >= 15 is 0 Å². The number of nitrogens with one attached hydrogen (secondary N) is 2. The second-order valence-corrected chi connectivity index (χ2v) is 5.70. The average molecular weight is 359 g/mol. The van der Waals surface area contributed by atoms with Crippen molar-refractivity contribution in [3.8, 4) is 5.75 Å². The number of amides is 2. The molecule has 1 saturated heterocycles. The van der Waals surface area contributed by atoms with Gasteiger partial charge in [-0.05, 0) is 44.3 Å². The molecule has 0 saturated carbocycles. The van der Waals surface area contributed by atoms with Crippen molar-refractivity contribution in [2.24, 2.45) is 0 Å². The molecule has 1 aliphatic heterocycles. The normalized spacial score (nSPS) is 13.8. The number of carbonyl (C=O) groups excluding carboxylic acids is 2. The van der Waals surface area contributed by atoms with Crippen LogP contribution in [0, 0.1) is 0 Å². The zero-order valence-corrected chi connectivity index (χ0v) is 15.1. The van der Waals surface area contributed by atoms with Gasteiger partial charge in [0.2, 0.25) is 0 Å². The molecule has 0 aliphatic carbocycles. The second-order valence-electron chi connectivity index (χ2n) is 5.29. The van der Waals surface area contributed by atoms with Crippen molar-refractivity contribution in [2.45, 2.75) is 13.8 Å². The highest BCUT2D eigenvalue weighted by molar-refractivity contribution is 7.80. The molecule has 0 spiro atoms. The average Bonchev–Trinajstić information content (AvgIpc) is 2.58. The molecule has 2 rings (SSSR count). The molecule has 25 heavy (non-hydrogen) atoms. The summed E-state index contributed by atoms with van der Waals surface area (Å²) in [4.78, 5) is 26.2. The Morgan fingerprint density at radius 2 is 1.84 bits per heavy atom. The van der Waals surface area contributed by atoms with Crippen LogP contribution in [0.1, 0.15) is 19.4 Å². The fraction of sp³-hybridized carbons (Fsp3) is 0.278. The summed E-state index contributed by atoms with van der Waals surface area (Å²) in [5.74, 6) is -0.488. The van der Waals surface area contributed by atoms with E-state index in [9.17, 15) is 9.59 Å². The second kappa shape index (κ2) is 8.43. The maximum atomic E-state index is 12.0. The monoisotopic (exact) mass is 359 g/mol. The Balaban J connectivity index is 2.43. The van der Waals surface area contributed by atoms with Gasteiger partial charge in [0.25, 0.3) is 11.8 Å². The van der Waals surface area contributed by atoms with Gasteiger partial charge in [-0.1, -0.05) is 12.7 Å². The van der Waals surface area contributed by atoms with E-state index in [2.05, 4.69) is 36.0 Å². The van der Waals surface area contributed by atoms with E-state index in [4.69, 9.17) is 17.0 Å². The molecular formula is C18H21N3O3S. The molecule has 0 unspecified atom stereocenters. The summed E-state index contributed by atoms with van der Waals surface area (Å²) < 4.78 is 5.72. The number of thiocarbonyl (C=S) groups is 1. The third-order valence-electron chi connectivity index (χ3n) is 3.73. The van der Waals surface area contributed by atoms with E-state index in [0.29, 0.717) is 17.9 Å². The summed E-state index contributed by atoms with van der Waals surface area (Å²) >= 11 is 4.80. The summed E-state index contributed by atoms with van der Waals surface area (Å²) in [6.07, 6.45) is 3.14. The molecule has 0 atom stereocenters. The van der Waals surface area contributed by atoms with Crippen molar-refractivity contribution >= 4 is 40.9 Å². The first-order valence-corrected chi connectivity index (χ1v) is 8.42. The summed E-state index contributed by atoms with van der Waals surface area (Å²) in [6.45, 7) is 9.84. The van der Waals surface area contributed by atoms with Crippen LogP contribution in [0.4, 0.5) is 5.69 Å². The topological polar surface area (TPSA) is 70.7 Å². The first-order chi connectivity index (χ1) is 12.0. The molecule has 0 radical (unpaired) electrons. The zero-order chi connectivity index (χ0) is 18.4. The van der Waals surface area contributed by atoms with Crippen LogP contribution in [0.3, 0.4) is 0 Å². The van der Waals surface area contributed by atoms with Crippen molar-refractivity contribution in [1.29, 1.82) is 0 Å². The van der Waals surface area contributed by atoms with Gasteiger partial charge in [-0.25, -0.2) is 0 Å². The minimum atomic E-state index is -0.531. The van der Waals surface area contributed by atoms with Crippen LogP contribution in [-0.4, -0.2) is 36.6 Å². The quantitative estimate of drug-likeness (QED) is 0.337. The van der Waals surface area contributed by atoms with Gasteiger partial charge >= 0.3 is 0 Å². The highest BCUT2D eigenvalue weighted by Crippen LogP contribution is 2.28. The highest BCUT2D eigenvalue weighted by Gasteiger charge is 2.26. The molecule has 7 heteroatoms. The summed E-state index contributed by atoms with van der Waals surface area (Å²) in [7, 11) is 0. The molecule has 1 aromatic rings. The predicted octanol–water partition coefficient (Wildman–Crippen LogP) is 2.01. The maximum Gasteiger partial charge on any atom is 0.263 e. The number of carbonyl (C=O) groups is 2. The lowest BCUT2D eigenvalue weighted by molar-refractivity contribution is -0.123. The molecule has 1 aliphatic rings. The Labute approximate surface area is 152 Å². The Morgan fingerprint density at radius 3 is 2.40 bits per heavy atom. The summed E-state index contributed by atoms with van der Waals surface area (Å²) in [5.41, 5.74) is 1.61. The van der Waals surface area contributed by atoms with Crippen molar-refractivity contribution in [1.82, 2.24) is 10.6 Å². The fourth-order valence-corrected chi connectivity index (χ4v) is 2.65. The highest BCUT2D eigenvalue weighted by atomic mass is 32.1. The van der Waals surface area contributed by atoms with Crippen LogP contribution in [0.25, 0.3) is 6.08 Å². The van der Waals surface area contributed by atoms with E-state index < -0.39 is 11.8 Å². The molecule has 2 N–H and O–H groups in total. The van der Waals surface area contributed by atoms with E-state index in [1.807, 2.05) is 18.2 Å². The first kappa shape index (κ1) is 18.7. The zero-order valence-electron chi connectivity index (χ0n) is 14.3. The molecule has 6 nitrogen and oxygen atoms in total. The molecular weight excluding hydrogens is 338 g/mol. The molecule has 0 aromatic heterocycles. The first-order valence-electron chi connectivity index (χ1n) is 8.01. The molecule has 0 bridgehead atoms. The summed E-state index contributed by atoms with van der Waals surface area (Å²) in [5, 5.41) is 4.84. The van der Waals surface area contributed by atoms with Gasteiger partial charge in [0, 0.05) is 30.4 Å². The van der Waals surface area contributed by atoms with Gasteiger partial charge in [-0.3, -0.25) is 20.2 Å². The lowest BCUT2D eigenvalue weighted by Crippen LogP contribution is -2.51. The van der Waals surface area contributed by atoms with Crippen LogP contribution in [0.15, 0.2) is 36.4 Å². The molecule has 132 valence electrons. The molecule has 1 fully saturated rings. The van der Waals surface area contributed by atoms with Crippen molar-refractivity contribution in [3.63, 3.8) is 0 Å². The molecule has 2 amide bonds. The van der Waals surface area contributed by atoms with Gasteiger partial charge in [0.1, 0.15) is 17.9 Å². The van der Waals surface area contributed by atoms with E-state index in [-0.39, 0.29) is 10.7 Å². The number of benzene rings is 1. The number of hydrogen-bond acceptors (Lipinski definition) is 5. The smallest absolute Gasteiger partial charge is 0.263 e. The van der Waals surface area contributed by atoms with Gasteiger partial charge in [-0.15, -0.1) is 0 Å². The minimum Gasteiger partial charge on any atom is -0.489 e. The lowest BCUT2D eigenvalue weighted by Gasteiger charge is -2.22. The Kier molecular flexibility index (Phi) is 6.30. The fourth-order valence-electron chi connectivity index (χ4n) is 2.46. The van der Waals surface area contributed by atoms with Crippen molar-refractivity contribution in [2.75, 3.05) is 24.6 Å². The predicted molar refractivity (Wildman–Crippen MR) is 103 cm³/mol. The van der Waals surface area contributed by atoms with Crippen LogP contribution >= 0.6 is 12.2 Å². The van der Waals surface area contributed by atoms with Gasteiger partial charge in [-0.2, -0.15) is 0 Å². The molecule has 1 heterocycles. The van der Waals surface area contributed by atoms with Crippen LogP contribution in [0.5, 0.6) is 5.75 Å². The van der Waals surface area contributed by atoms with Crippen molar-refractivity contribution < 1.29 is 14.3 Å².